The molecule has 0 aliphatic heterocycles. The van der Waals surface area contributed by atoms with Gasteiger partial charge in [-0.3, -0.25) is 0 Å². The van der Waals surface area contributed by atoms with Crippen LogP contribution < -0.4 is 10.6 Å². The number of hydrogen-bond acceptors (Lipinski definition) is 3. The zero-order chi connectivity index (χ0) is 16.2. The topological polar surface area (TPSA) is 80.2 Å². The minimum Gasteiger partial charge on any atom is -0.353 e. The summed E-state index contributed by atoms with van der Waals surface area (Å²) >= 11 is 5.85. The second-order valence-electron chi connectivity index (χ2n) is 4.72. The number of carbonyl (C=O) groups excluding carboxylic acids is 1. The number of hydrogen-bond donors (Lipinski definition) is 2. The third-order valence-electron chi connectivity index (χ3n) is 2.91. The summed E-state index contributed by atoms with van der Waals surface area (Å²) < 4.78 is 25.1. The molecule has 0 unspecified atom stereocenters. The molecular weight excluding hydrogens is 326 g/mol. The van der Waals surface area contributed by atoms with Crippen molar-refractivity contribution in [1.82, 2.24) is 9.88 Å². The molecule has 118 valence electrons. The van der Waals surface area contributed by atoms with Gasteiger partial charge in [0.25, 0.3) is 0 Å². The van der Waals surface area contributed by atoms with E-state index in [0.29, 0.717) is 18.8 Å². The summed E-state index contributed by atoms with van der Waals surface area (Å²) in [4.78, 5) is 11.8. The summed E-state index contributed by atoms with van der Waals surface area (Å²) in [5, 5.41) is 5.39. The molecule has 0 saturated heterocycles. The highest BCUT2D eigenvalue weighted by Gasteiger charge is 2.13. The summed E-state index contributed by atoms with van der Waals surface area (Å²) in [6, 6.07) is 7.72. The van der Waals surface area contributed by atoms with Gasteiger partial charge in [-0.25, -0.2) is 13.2 Å². The minimum atomic E-state index is -3.45. The molecule has 6 nitrogen and oxygen atoms in total. The number of urea groups is 1. The van der Waals surface area contributed by atoms with Gasteiger partial charge < -0.3 is 15.2 Å². The first-order valence-corrected chi connectivity index (χ1v) is 8.78. The first kappa shape index (κ1) is 16.4. The Balaban J connectivity index is 1.94. The highest BCUT2D eigenvalue weighted by Crippen LogP contribution is 2.24. The van der Waals surface area contributed by atoms with E-state index in [1.165, 1.54) is 12.1 Å². The maximum absolute atomic E-state index is 11.8. The number of nitrogens with zero attached hydrogens (tertiary/aromatic N) is 1. The molecule has 1 aromatic carbocycles. The van der Waals surface area contributed by atoms with E-state index in [0.717, 1.165) is 6.26 Å². The standard InChI is InChI=1S/C14H16ClN3O3S/c1-22(20,21)13-10-11(4-5-12(13)15)17-14(19)16-6-9-18-7-2-3-8-18/h2-5,7-8,10H,6,9H2,1H3,(H2,16,17,19). The zero-order valence-electron chi connectivity index (χ0n) is 11.9. The Morgan fingerprint density at radius 1 is 1.27 bits per heavy atom. The van der Waals surface area contributed by atoms with Crippen LogP contribution in [0.15, 0.2) is 47.6 Å². The average molecular weight is 342 g/mol. The van der Waals surface area contributed by atoms with Crippen LogP contribution in [0.5, 0.6) is 0 Å². The number of benzene rings is 1. The molecule has 0 saturated carbocycles. The van der Waals surface area contributed by atoms with Crippen LogP contribution in [0.3, 0.4) is 0 Å². The summed E-state index contributed by atoms with van der Waals surface area (Å²) in [6.45, 7) is 1.10. The van der Waals surface area contributed by atoms with Crippen LogP contribution >= 0.6 is 11.6 Å². The molecule has 2 N–H and O–H groups in total. The quantitative estimate of drug-likeness (QED) is 0.876. The molecule has 2 amide bonds. The highest BCUT2D eigenvalue weighted by molar-refractivity contribution is 7.90. The lowest BCUT2D eigenvalue weighted by Gasteiger charge is -2.10. The molecule has 0 bridgehead atoms. The van der Waals surface area contributed by atoms with Crippen molar-refractivity contribution in [3.05, 3.63) is 47.7 Å². The molecule has 22 heavy (non-hydrogen) atoms. The normalized spacial score (nSPS) is 11.2. The van der Waals surface area contributed by atoms with E-state index in [1.807, 2.05) is 29.1 Å². The van der Waals surface area contributed by atoms with Gasteiger partial charge in [-0.15, -0.1) is 0 Å². The smallest absolute Gasteiger partial charge is 0.319 e. The Labute approximate surface area is 134 Å². The van der Waals surface area contributed by atoms with Crippen LogP contribution in [-0.4, -0.2) is 31.8 Å². The lowest BCUT2D eigenvalue weighted by atomic mass is 10.3. The van der Waals surface area contributed by atoms with Crippen LogP contribution in [0.25, 0.3) is 0 Å². The fourth-order valence-electron chi connectivity index (χ4n) is 1.86. The molecule has 0 fully saturated rings. The first-order valence-electron chi connectivity index (χ1n) is 6.51. The monoisotopic (exact) mass is 341 g/mol. The fourth-order valence-corrected chi connectivity index (χ4v) is 3.16. The van der Waals surface area contributed by atoms with Gasteiger partial charge in [0.2, 0.25) is 0 Å². The number of aromatic nitrogens is 1. The van der Waals surface area contributed by atoms with Crippen LogP contribution in [0.1, 0.15) is 0 Å². The van der Waals surface area contributed by atoms with Crippen LogP contribution in [0.4, 0.5) is 10.5 Å². The molecule has 2 aromatic rings. The van der Waals surface area contributed by atoms with E-state index >= 15 is 0 Å². The molecule has 0 atom stereocenters. The van der Waals surface area contributed by atoms with E-state index in [9.17, 15) is 13.2 Å². The predicted octanol–water partition coefficient (Wildman–Crippen LogP) is 2.37. The van der Waals surface area contributed by atoms with E-state index < -0.39 is 15.9 Å². The highest BCUT2D eigenvalue weighted by atomic mass is 35.5. The van der Waals surface area contributed by atoms with Crippen molar-refractivity contribution in [3.63, 3.8) is 0 Å². The Bertz CT molecular complexity index is 758. The third kappa shape index (κ3) is 4.51. The summed E-state index contributed by atoms with van der Waals surface area (Å²) in [5.74, 6) is 0. The fraction of sp³-hybridized carbons (Fsp3) is 0.214. The second-order valence-corrected chi connectivity index (χ2v) is 7.11. The molecule has 0 aliphatic carbocycles. The molecular formula is C14H16ClN3O3S. The third-order valence-corrected chi connectivity index (χ3v) is 4.49. The van der Waals surface area contributed by atoms with Crippen LogP contribution in [0, 0.1) is 0 Å². The van der Waals surface area contributed by atoms with Crippen molar-refractivity contribution in [3.8, 4) is 0 Å². The van der Waals surface area contributed by atoms with E-state index in [4.69, 9.17) is 11.6 Å². The van der Waals surface area contributed by atoms with Gasteiger partial charge in [0.05, 0.1) is 9.92 Å². The van der Waals surface area contributed by atoms with Crippen molar-refractivity contribution in [2.75, 3.05) is 18.1 Å². The SMILES string of the molecule is CS(=O)(=O)c1cc(NC(=O)NCCn2cccc2)ccc1Cl. The van der Waals surface area contributed by atoms with Gasteiger partial charge in [-0.2, -0.15) is 0 Å². The number of carbonyl (C=O) groups is 1. The van der Waals surface area contributed by atoms with E-state index in [-0.39, 0.29) is 9.92 Å². The molecule has 2 rings (SSSR count). The van der Waals surface area contributed by atoms with E-state index in [1.54, 1.807) is 6.07 Å². The second kappa shape index (κ2) is 6.85. The first-order chi connectivity index (χ1) is 10.4. The average Bonchev–Trinajstić information content (AvgIpc) is 2.93. The van der Waals surface area contributed by atoms with Gasteiger partial charge in [0.1, 0.15) is 0 Å². The number of halogens is 1. The molecule has 1 aromatic heterocycles. The molecule has 1 heterocycles. The Hall–Kier alpha value is -1.99. The predicted molar refractivity (Wildman–Crippen MR) is 86.0 cm³/mol. The summed E-state index contributed by atoms with van der Waals surface area (Å²) in [5.41, 5.74) is 0.364. The maximum Gasteiger partial charge on any atom is 0.319 e. The van der Waals surface area contributed by atoms with Crippen LogP contribution in [-0.2, 0) is 16.4 Å². The number of sulfone groups is 1. The Morgan fingerprint density at radius 2 is 1.95 bits per heavy atom. The number of rotatable bonds is 5. The summed E-state index contributed by atoms with van der Waals surface area (Å²) in [6.07, 6.45) is 4.86. The van der Waals surface area contributed by atoms with Gasteiger partial charge in [0.15, 0.2) is 9.84 Å². The largest absolute Gasteiger partial charge is 0.353 e. The van der Waals surface area contributed by atoms with Gasteiger partial charge in [-0.1, -0.05) is 11.6 Å². The molecule has 8 heteroatoms. The van der Waals surface area contributed by atoms with Crippen molar-refractivity contribution in [2.24, 2.45) is 0 Å². The van der Waals surface area contributed by atoms with Crippen molar-refractivity contribution in [2.45, 2.75) is 11.4 Å². The van der Waals surface area contributed by atoms with Crippen molar-refractivity contribution >= 4 is 33.2 Å². The molecule has 0 aliphatic rings. The zero-order valence-corrected chi connectivity index (χ0v) is 13.5. The molecule has 0 radical (unpaired) electrons. The number of nitrogens with one attached hydrogen (secondary N) is 2. The maximum atomic E-state index is 11.8. The Morgan fingerprint density at radius 3 is 2.59 bits per heavy atom. The molecule has 0 spiro atoms. The summed E-state index contributed by atoms with van der Waals surface area (Å²) in [7, 11) is -3.45. The lowest BCUT2D eigenvalue weighted by molar-refractivity contribution is 0.251. The van der Waals surface area contributed by atoms with Crippen molar-refractivity contribution < 1.29 is 13.2 Å². The lowest BCUT2D eigenvalue weighted by Crippen LogP contribution is -2.31. The van der Waals surface area contributed by atoms with E-state index in [2.05, 4.69) is 10.6 Å². The number of amides is 2. The van der Waals surface area contributed by atoms with Gasteiger partial charge >= 0.3 is 6.03 Å². The van der Waals surface area contributed by atoms with Gasteiger partial charge in [0, 0.05) is 37.4 Å². The van der Waals surface area contributed by atoms with Gasteiger partial charge in [-0.05, 0) is 30.3 Å². The van der Waals surface area contributed by atoms with Crippen molar-refractivity contribution in [1.29, 1.82) is 0 Å². The minimum absolute atomic E-state index is 0.0145. The number of anilines is 1. The van der Waals surface area contributed by atoms with Crippen LogP contribution in [0.2, 0.25) is 5.02 Å². The Kier molecular flexibility index (Phi) is 5.10.